The van der Waals surface area contributed by atoms with Crippen LogP contribution in [-0.2, 0) is 13.2 Å². The van der Waals surface area contributed by atoms with Gasteiger partial charge in [0.25, 0.3) is 0 Å². The Kier molecular flexibility index (Phi) is 5.31. The molecule has 0 amide bonds. The van der Waals surface area contributed by atoms with E-state index in [1.807, 2.05) is 13.8 Å². The fourth-order valence-corrected chi connectivity index (χ4v) is 2.77. The number of aryl methyl sites for hydroxylation is 1. The Morgan fingerprint density at radius 2 is 2.04 bits per heavy atom. The lowest BCUT2D eigenvalue weighted by Gasteiger charge is -2.21. The molecule has 0 aliphatic rings. The van der Waals surface area contributed by atoms with Gasteiger partial charge in [0.05, 0.1) is 22.6 Å². The molecule has 4 nitrogen and oxygen atoms in total. The average Bonchev–Trinajstić information content (AvgIpc) is 2.82. The summed E-state index contributed by atoms with van der Waals surface area (Å²) in [6, 6.07) is 3.62. The zero-order valence-electron chi connectivity index (χ0n) is 13.5. The van der Waals surface area contributed by atoms with Gasteiger partial charge < -0.3 is 15.0 Å². The zero-order valence-corrected chi connectivity index (χ0v) is 13.5. The summed E-state index contributed by atoms with van der Waals surface area (Å²) in [4.78, 5) is 4.37. The van der Waals surface area contributed by atoms with Crippen LogP contribution in [-0.4, -0.2) is 27.3 Å². The molecule has 7 heteroatoms. The molecule has 2 unspecified atom stereocenters. The van der Waals surface area contributed by atoms with E-state index in [2.05, 4.69) is 10.3 Å². The first kappa shape index (κ1) is 17.7. The van der Waals surface area contributed by atoms with E-state index in [0.29, 0.717) is 23.3 Å². The van der Waals surface area contributed by atoms with Crippen molar-refractivity contribution < 1.29 is 18.3 Å². The van der Waals surface area contributed by atoms with Crippen molar-refractivity contribution in [2.75, 3.05) is 6.61 Å². The van der Waals surface area contributed by atoms with Gasteiger partial charge in [0.15, 0.2) is 0 Å². The quantitative estimate of drug-likeness (QED) is 0.854. The highest BCUT2D eigenvalue weighted by atomic mass is 19.4. The fourth-order valence-electron chi connectivity index (χ4n) is 2.77. The second-order valence-electron chi connectivity index (χ2n) is 5.74. The third-order valence-electron chi connectivity index (χ3n) is 4.09. The van der Waals surface area contributed by atoms with Gasteiger partial charge >= 0.3 is 6.18 Å². The second-order valence-corrected chi connectivity index (χ2v) is 5.74. The monoisotopic (exact) mass is 329 g/mol. The Labute approximate surface area is 133 Å². The fraction of sp³-hybridized carbons (Fsp3) is 0.562. The predicted octanol–water partition coefficient (Wildman–Crippen LogP) is 3.40. The van der Waals surface area contributed by atoms with Crippen molar-refractivity contribution in [3.05, 3.63) is 29.6 Å². The van der Waals surface area contributed by atoms with Crippen molar-refractivity contribution in [3.63, 3.8) is 0 Å². The van der Waals surface area contributed by atoms with E-state index in [0.717, 1.165) is 18.6 Å². The van der Waals surface area contributed by atoms with E-state index in [1.165, 1.54) is 6.07 Å². The summed E-state index contributed by atoms with van der Waals surface area (Å²) in [5.74, 6) is 0.677. The van der Waals surface area contributed by atoms with Crippen molar-refractivity contribution in [2.45, 2.75) is 44.9 Å². The number of aliphatic hydroxyl groups excluding tert-OH is 1. The minimum absolute atomic E-state index is 0.0930. The number of hydrogen-bond donors (Lipinski definition) is 2. The number of alkyl halides is 3. The van der Waals surface area contributed by atoms with Crippen molar-refractivity contribution in [1.29, 1.82) is 0 Å². The van der Waals surface area contributed by atoms with Gasteiger partial charge in [-0.3, -0.25) is 0 Å². The van der Waals surface area contributed by atoms with Crippen LogP contribution in [0.25, 0.3) is 11.0 Å². The molecule has 2 N–H and O–H groups in total. The van der Waals surface area contributed by atoms with E-state index in [-0.39, 0.29) is 18.7 Å². The summed E-state index contributed by atoms with van der Waals surface area (Å²) >= 11 is 0. The molecule has 1 aromatic heterocycles. The van der Waals surface area contributed by atoms with Crippen molar-refractivity contribution >= 4 is 11.0 Å². The number of benzene rings is 1. The summed E-state index contributed by atoms with van der Waals surface area (Å²) in [7, 11) is 1.79. The van der Waals surface area contributed by atoms with E-state index in [1.54, 1.807) is 11.6 Å². The van der Waals surface area contributed by atoms with Crippen LogP contribution in [0.3, 0.4) is 0 Å². The van der Waals surface area contributed by atoms with Gasteiger partial charge in [-0.05, 0) is 38.0 Å². The highest BCUT2D eigenvalue weighted by molar-refractivity contribution is 5.77. The Morgan fingerprint density at radius 3 is 2.61 bits per heavy atom. The van der Waals surface area contributed by atoms with Crippen LogP contribution >= 0.6 is 0 Å². The number of aromatic nitrogens is 2. The summed E-state index contributed by atoms with van der Waals surface area (Å²) in [5.41, 5.74) is 0.306. The first-order valence-corrected chi connectivity index (χ1v) is 7.68. The Hall–Kier alpha value is -1.60. The maximum absolute atomic E-state index is 12.8. The molecular weight excluding hydrogens is 307 g/mol. The summed E-state index contributed by atoms with van der Waals surface area (Å²) in [6.07, 6.45) is -2.89. The molecular formula is C16H22F3N3O. The Morgan fingerprint density at radius 1 is 1.35 bits per heavy atom. The molecule has 0 bridgehead atoms. The number of nitrogens with zero attached hydrogens (tertiary/aromatic N) is 2. The second kappa shape index (κ2) is 6.88. The summed E-state index contributed by atoms with van der Waals surface area (Å²) < 4.78 is 40.2. The Balaban J connectivity index is 2.32. The number of halogens is 3. The Bertz CT molecular complexity index is 666. The number of imidazole rings is 1. The molecule has 0 spiro atoms. The van der Waals surface area contributed by atoms with Gasteiger partial charge in [-0.2, -0.15) is 13.2 Å². The van der Waals surface area contributed by atoms with Gasteiger partial charge in [0.2, 0.25) is 0 Å². The van der Waals surface area contributed by atoms with E-state index >= 15 is 0 Å². The molecule has 0 saturated heterocycles. The average molecular weight is 329 g/mol. The molecule has 0 fully saturated rings. The number of nitrogens with one attached hydrogen (secondary N) is 1. The molecule has 0 saturated carbocycles. The molecule has 0 aliphatic heterocycles. The van der Waals surface area contributed by atoms with Crippen molar-refractivity contribution in [1.82, 2.24) is 14.9 Å². The molecule has 2 rings (SSSR count). The first-order chi connectivity index (χ1) is 10.8. The largest absolute Gasteiger partial charge is 0.416 e. The van der Waals surface area contributed by atoms with Crippen LogP contribution in [0.15, 0.2) is 18.2 Å². The van der Waals surface area contributed by atoms with Crippen LogP contribution in [0.1, 0.15) is 44.1 Å². The van der Waals surface area contributed by atoms with Crippen LogP contribution in [0.4, 0.5) is 13.2 Å². The molecule has 128 valence electrons. The molecule has 1 aromatic carbocycles. The van der Waals surface area contributed by atoms with E-state index in [9.17, 15) is 13.2 Å². The molecule has 0 aliphatic carbocycles. The van der Waals surface area contributed by atoms with Crippen molar-refractivity contribution in [3.8, 4) is 0 Å². The zero-order chi connectivity index (χ0) is 17.2. The predicted molar refractivity (Wildman–Crippen MR) is 83.0 cm³/mol. The van der Waals surface area contributed by atoms with E-state index in [4.69, 9.17) is 5.11 Å². The molecule has 2 atom stereocenters. The SMILES string of the molecule is CCC(CCO)NC(C)c1nc2cc(C(F)(F)F)ccc2n1C. The maximum atomic E-state index is 12.8. The van der Waals surface area contributed by atoms with Gasteiger partial charge in [-0.25, -0.2) is 4.98 Å². The minimum Gasteiger partial charge on any atom is -0.396 e. The lowest BCUT2D eigenvalue weighted by Crippen LogP contribution is -2.33. The number of hydrogen-bond acceptors (Lipinski definition) is 3. The lowest BCUT2D eigenvalue weighted by molar-refractivity contribution is -0.137. The van der Waals surface area contributed by atoms with E-state index < -0.39 is 11.7 Å². The van der Waals surface area contributed by atoms with Crippen LogP contribution < -0.4 is 5.32 Å². The number of rotatable bonds is 6. The van der Waals surface area contributed by atoms with Crippen LogP contribution in [0, 0.1) is 0 Å². The van der Waals surface area contributed by atoms with Crippen LogP contribution in [0.5, 0.6) is 0 Å². The maximum Gasteiger partial charge on any atom is 0.416 e. The third-order valence-corrected chi connectivity index (χ3v) is 4.09. The summed E-state index contributed by atoms with van der Waals surface area (Å²) in [5, 5.41) is 12.4. The normalized spacial score (nSPS) is 15.1. The first-order valence-electron chi connectivity index (χ1n) is 7.68. The highest BCUT2D eigenvalue weighted by Crippen LogP contribution is 2.31. The standard InChI is InChI=1S/C16H22F3N3O/c1-4-12(7-8-23)20-10(2)15-21-13-9-11(16(17,18)19)5-6-14(13)22(15)3/h5-6,9-10,12,20,23H,4,7-8H2,1-3H3. The molecule has 0 radical (unpaired) electrons. The number of aliphatic hydroxyl groups is 1. The van der Waals surface area contributed by atoms with Crippen molar-refractivity contribution in [2.24, 2.45) is 7.05 Å². The van der Waals surface area contributed by atoms with Crippen LogP contribution in [0.2, 0.25) is 0 Å². The van der Waals surface area contributed by atoms with Gasteiger partial charge in [-0.15, -0.1) is 0 Å². The number of fused-ring (bicyclic) bond motifs is 1. The molecule has 1 heterocycles. The summed E-state index contributed by atoms with van der Waals surface area (Å²) in [6.45, 7) is 4.03. The smallest absolute Gasteiger partial charge is 0.396 e. The van der Waals surface area contributed by atoms with Gasteiger partial charge in [-0.1, -0.05) is 6.92 Å². The molecule has 2 aromatic rings. The third kappa shape index (κ3) is 3.84. The topological polar surface area (TPSA) is 50.1 Å². The highest BCUT2D eigenvalue weighted by Gasteiger charge is 2.31. The minimum atomic E-state index is -4.37. The molecule has 23 heavy (non-hydrogen) atoms. The van der Waals surface area contributed by atoms with Gasteiger partial charge in [0.1, 0.15) is 5.82 Å². The van der Waals surface area contributed by atoms with Gasteiger partial charge in [0, 0.05) is 19.7 Å². The lowest BCUT2D eigenvalue weighted by atomic mass is 10.1.